The van der Waals surface area contributed by atoms with Crippen molar-refractivity contribution in [1.82, 2.24) is 10.3 Å². The van der Waals surface area contributed by atoms with Gasteiger partial charge < -0.3 is 5.32 Å². The van der Waals surface area contributed by atoms with Crippen molar-refractivity contribution in [2.75, 3.05) is 6.54 Å². The molecule has 0 saturated heterocycles. The fourth-order valence-corrected chi connectivity index (χ4v) is 2.50. The second-order valence-corrected chi connectivity index (χ2v) is 5.34. The summed E-state index contributed by atoms with van der Waals surface area (Å²) in [6.07, 6.45) is 5.80. The summed E-state index contributed by atoms with van der Waals surface area (Å²) in [5.74, 6) is 0.587. The van der Waals surface area contributed by atoms with Crippen LogP contribution in [0.3, 0.4) is 0 Å². The molecule has 2 heteroatoms. The summed E-state index contributed by atoms with van der Waals surface area (Å²) in [6, 6.07) is 11.5. The van der Waals surface area contributed by atoms with Crippen molar-refractivity contribution in [3.8, 4) is 0 Å². The summed E-state index contributed by atoms with van der Waals surface area (Å²) in [5.41, 5.74) is 2.54. The van der Waals surface area contributed by atoms with E-state index in [1.54, 1.807) is 0 Å². The minimum absolute atomic E-state index is 0.587. The fraction of sp³-hybridized carbons (Fsp3) is 0.438. The lowest BCUT2D eigenvalue weighted by Gasteiger charge is -2.14. The van der Waals surface area contributed by atoms with E-state index in [1.807, 2.05) is 12.3 Å². The smallest absolute Gasteiger partial charge is 0.0704 e. The Morgan fingerprint density at radius 1 is 1.28 bits per heavy atom. The van der Waals surface area contributed by atoms with Crippen molar-refractivity contribution in [3.63, 3.8) is 0 Å². The number of hydrogen-bond acceptors (Lipinski definition) is 2. The van der Waals surface area contributed by atoms with E-state index < -0.39 is 0 Å². The molecule has 1 aliphatic carbocycles. The molecule has 1 fully saturated rings. The predicted molar refractivity (Wildman–Crippen MR) is 75.8 cm³/mol. The Morgan fingerprint density at radius 3 is 3.00 bits per heavy atom. The topological polar surface area (TPSA) is 24.9 Å². The van der Waals surface area contributed by atoms with E-state index in [9.17, 15) is 0 Å². The van der Waals surface area contributed by atoms with E-state index in [0.29, 0.717) is 5.92 Å². The number of hydrogen-bond donors (Lipinski definition) is 1. The summed E-state index contributed by atoms with van der Waals surface area (Å²) >= 11 is 0. The summed E-state index contributed by atoms with van der Waals surface area (Å²) in [4.78, 5) is 4.43. The van der Waals surface area contributed by atoms with Crippen LogP contribution in [0.2, 0.25) is 0 Å². The Balaban J connectivity index is 1.75. The molecule has 1 unspecified atom stereocenters. The Kier molecular flexibility index (Phi) is 3.28. The molecule has 2 aromatic rings. The van der Waals surface area contributed by atoms with Crippen LogP contribution < -0.4 is 5.32 Å². The van der Waals surface area contributed by atoms with Gasteiger partial charge in [0.15, 0.2) is 0 Å². The third-order valence-corrected chi connectivity index (χ3v) is 3.80. The molecule has 1 atom stereocenters. The highest BCUT2D eigenvalue weighted by Gasteiger charge is 2.20. The standard InChI is InChI=1S/C16H20N2/c1-12(9-11-17-13-7-8-13)14-4-2-6-16-15(14)5-3-10-18-16/h2-6,10,12-13,17H,7-9,11H2,1H3. The van der Waals surface area contributed by atoms with Crippen LogP contribution in [-0.4, -0.2) is 17.6 Å². The van der Waals surface area contributed by atoms with Crippen molar-refractivity contribution in [3.05, 3.63) is 42.1 Å². The summed E-state index contributed by atoms with van der Waals surface area (Å²) in [6.45, 7) is 3.44. The number of nitrogens with zero attached hydrogens (tertiary/aromatic N) is 1. The quantitative estimate of drug-likeness (QED) is 0.865. The summed E-state index contributed by atoms with van der Waals surface area (Å²) < 4.78 is 0. The maximum Gasteiger partial charge on any atom is 0.0704 e. The molecule has 0 radical (unpaired) electrons. The second-order valence-electron chi connectivity index (χ2n) is 5.34. The van der Waals surface area contributed by atoms with Gasteiger partial charge in [-0.1, -0.05) is 25.1 Å². The molecule has 0 aliphatic heterocycles. The van der Waals surface area contributed by atoms with Gasteiger partial charge in [0.25, 0.3) is 0 Å². The van der Waals surface area contributed by atoms with Gasteiger partial charge in [0, 0.05) is 17.6 Å². The van der Waals surface area contributed by atoms with E-state index in [0.717, 1.165) is 18.1 Å². The maximum absolute atomic E-state index is 4.43. The van der Waals surface area contributed by atoms with Crippen LogP contribution in [0.25, 0.3) is 10.9 Å². The number of pyridine rings is 1. The van der Waals surface area contributed by atoms with Crippen LogP contribution in [0.15, 0.2) is 36.5 Å². The second kappa shape index (κ2) is 5.07. The normalized spacial score (nSPS) is 16.9. The molecule has 18 heavy (non-hydrogen) atoms. The number of benzene rings is 1. The van der Waals surface area contributed by atoms with Crippen LogP contribution in [0.4, 0.5) is 0 Å². The van der Waals surface area contributed by atoms with Gasteiger partial charge in [0.05, 0.1) is 5.52 Å². The van der Waals surface area contributed by atoms with Crippen molar-refractivity contribution < 1.29 is 0 Å². The molecular formula is C16H20N2. The minimum atomic E-state index is 0.587. The highest BCUT2D eigenvalue weighted by molar-refractivity contribution is 5.82. The first-order valence-electron chi connectivity index (χ1n) is 6.91. The van der Waals surface area contributed by atoms with Crippen LogP contribution in [0, 0.1) is 0 Å². The van der Waals surface area contributed by atoms with Crippen molar-refractivity contribution in [2.45, 2.75) is 38.1 Å². The van der Waals surface area contributed by atoms with Gasteiger partial charge in [-0.2, -0.15) is 0 Å². The molecule has 1 aromatic carbocycles. The first-order valence-corrected chi connectivity index (χ1v) is 6.91. The minimum Gasteiger partial charge on any atom is -0.314 e. The summed E-state index contributed by atoms with van der Waals surface area (Å²) in [5, 5.41) is 4.89. The zero-order valence-corrected chi connectivity index (χ0v) is 10.9. The molecule has 0 amide bonds. The molecule has 1 saturated carbocycles. The van der Waals surface area contributed by atoms with E-state index >= 15 is 0 Å². The van der Waals surface area contributed by atoms with E-state index in [2.05, 4.69) is 41.5 Å². The maximum atomic E-state index is 4.43. The highest BCUT2D eigenvalue weighted by Crippen LogP contribution is 2.26. The highest BCUT2D eigenvalue weighted by atomic mass is 14.9. The average molecular weight is 240 g/mol. The van der Waals surface area contributed by atoms with E-state index in [4.69, 9.17) is 0 Å². The Morgan fingerprint density at radius 2 is 2.17 bits per heavy atom. The van der Waals surface area contributed by atoms with E-state index in [1.165, 1.54) is 30.2 Å². The predicted octanol–water partition coefficient (Wildman–Crippen LogP) is 3.48. The van der Waals surface area contributed by atoms with Crippen LogP contribution in [0.1, 0.15) is 37.7 Å². The lowest BCUT2D eigenvalue weighted by Crippen LogP contribution is -2.19. The summed E-state index contributed by atoms with van der Waals surface area (Å²) in [7, 11) is 0. The van der Waals surface area contributed by atoms with Gasteiger partial charge in [-0.05, 0) is 49.4 Å². The first-order chi connectivity index (χ1) is 8.84. The Labute approximate surface area is 108 Å². The van der Waals surface area contributed by atoms with Crippen molar-refractivity contribution in [2.24, 2.45) is 0 Å². The van der Waals surface area contributed by atoms with Gasteiger partial charge in [-0.3, -0.25) is 4.98 Å². The first kappa shape index (κ1) is 11.7. The zero-order valence-electron chi connectivity index (χ0n) is 10.9. The van der Waals surface area contributed by atoms with Gasteiger partial charge in [0.2, 0.25) is 0 Å². The molecule has 1 N–H and O–H groups in total. The molecular weight excluding hydrogens is 220 g/mol. The zero-order chi connectivity index (χ0) is 12.4. The Hall–Kier alpha value is -1.41. The van der Waals surface area contributed by atoms with Crippen molar-refractivity contribution in [1.29, 1.82) is 0 Å². The molecule has 2 nitrogen and oxygen atoms in total. The largest absolute Gasteiger partial charge is 0.314 e. The van der Waals surface area contributed by atoms with Crippen LogP contribution >= 0.6 is 0 Å². The molecule has 3 rings (SSSR count). The molecule has 94 valence electrons. The number of rotatable bonds is 5. The molecule has 0 spiro atoms. The lowest BCUT2D eigenvalue weighted by atomic mass is 9.94. The lowest BCUT2D eigenvalue weighted by molar-refractivity contribution is 0.594. The average Bonchev–Trinajstić information content (AvgIpc) is 3.22. The third-order valence-electron chi connectivity index (χ3n) is 3.80. The number of nitrogens with one attached hydrogen (secondary N) is 1. The molecule has 1 heterocycles. The van der Waals surface area contributed by atoms with Gasteiger partial charge >= 0.3 is 0 Å². The number of aromatic nitrogens is 1. The third kappa shape index (κ3) is 2.54. The fourth-order valence-electron chi connectivity index (χ4n) is 2.50. The van der Waals surface area contributed by atoms with Gasteiger partial charge in [-0.15, -0.1) is 0 Å². The van der Waals surface area contributed by atoms with Crippen LogP contribution in [0.5, 0.6) is 0 Å². The molecule has 1 aromatic heterocycles. The Bertz CT molecular complexity index is 526. The number of fused-ring (bicyclic) bond motifs is 1. The SMILES string of the molecule is CC(CCNC1CC1)c1cccc2ncccc12. The molecule has 1 aliphatic rings. The molecule has 0 bridgehead atoms. The van der Waals surface area contributed by atoms with E-state index in [-0.39, 0.29) is 0 Å². The van der Waals surface area contributed by atoms with Crippen LogP contribution in [-0.2, 0) is 0 Å². The monoisotopic (exact) mass is 240 g/mol. The van der Waals surface area contributed by atoms with Crippen molar-refractivity contribution >= 4 is 10.9 Å². The van der Waals surface area contributed by atoms with Gasteiger partial charge in [0.1, 0.15) is 0 Å². The van der Waals surface area contributed by atoms with Gasteiger partial charge in [-0.25, -0.2) is 0 Å².